The molecule has 0 spiro atoms. The van der Waals surface area contributed by atoms with Gasteiger partial charge in [0.15, 0.2) is 0 Å². The molecule has 24 heavy (non-hydrogen) atoms. The second-order valence-electron chi connectivity index (χ2n) is 8.30. The Morgan fingerprint density at radius 2 is 1.88 bits per heavy atom. The summed E-state index contributed by atoms with van der Waals surface area (Å²) in [5.41, 5.74) is 11.2. The summed E-state index contributed by atoms with van der Waals surface area (Å²) >= 11 is 0. The Bertz CT molecular complexity index is 774. The van der Waals surface area contributed by atoms with Crippen molar-refractivity contribution in [2.75, 3.05) is 24.5 Å². The van der Waals surface area contributed by atoms with Gasteiger partial charge in [-0.2, -0.15) is 0 Å². The van der Waals surface area contributed by atoms with Gasteiger partial charge in [-0.15, -0.1) is 0 Å². The van der Waals surface area contributed by atoms with Crippen LogP contribution in [0.15, 0.2) is 18.2 Å². The maximum atomic E-state index is 6.38. The number of nitrogens with zero attached hydrogens (tertiary/aromatic N) is 2. The van der Waals surface area contributed by atoms with Gasteiger partial charge in [-0.25, -0.2) is 0 Å². The SMILES string of the molecule is Cn1c2c(c3cccc(C4(CN)CCCCC4)c31)C1CCN2CC1. The van der Waals surface area contributed by atoms with E-state index >= 15 is 0 Å². The third-order valence-electron chi connectivity index (χ3n) is 7.20. The first kappa shape index (κ1) is 14.8. The summed E-state index contributed by atoms with van der Waals surface area (Å²) in [4.78, 5) is 2.62. The molecule has 1 aliphatic carbocycles. The summed E-state index contributed by atoms with van der Waals surface area (Å²) < 4.78 is 2.51. The lowest BCUT2D eigenvalue weighted by atomic mass is 9.69. The standard InChI is InChI=1S/C21H29N3/c1-23-19-16(18-15-8-12-24(13-9-15)20(18)23)6-5-7-17(19)21(14-22)10-3-2-4-11-21/h5-7,15H,2-4,8-14,22H2,1H3. The van der Waals surface area contributed by atoms with E-state index in [9.17, 15) is 0 Å². The van der Waals surface area contributed by atoms with Crippen molar-refractivity contribution in [1.29, 1.82) is 0 Å². The number of fused-ring (bicyclic) bond motifs is 3. The number of anilines is 1. The lowest BCUT2D eigenvalue weighted by Gasteiger charge is -2.41. The number of aryl methyl sites for hydroxylation is 1. The van der Waals surface area contributed by atoms with Crippen molar-refractivity contribution in [3.8, 4) is 0 Å². The van der Waals surface area contributed by atoms with Crippen LogP contribution >= 0.6 is 0 Å². The fourth-order valence-electron chi connectivity index (χ4n) is 5.93. The summed E-state index contributed by atoms with van der Waals surface area (Å²) in [5.74, 6) is 2.27. The molecule has 3 aliphatic heterocycles. The summed E-state index contributed by atoms with van der Waals surface area (Å²) in [5, 5.41) is 1.51. The average molecular weight is 323 g/mol. The van der Waals surface area contributed by atoms with Gasteiger partial charge >= 0.3 is 0 Å². The number of hydrogen-bond donors (Lipinski definition) is 1. The first-order valence-electron chi connectivity index (χ1n) is 9.82. The molecule has 1 saturated heterocycles. The molecule has 0 radical (unpaired) electrons. The molecule has 0 amide bonds. The predicted octanol–water partition coefficient (Wildman–Crippen LogP) is 4.04. The zero-order chi connectivity index (χ0) is 16.3. The maximum absolute atomic E-state index is 6.38. The highest BCUT2D eigenvalue weighted by atomic mass is 15.3. The van der Waals surface area contributed by atoms with E-state index in [0.717, 1.165) is 12.5 Å². The zero-order valence-corrected chi connectivity index (χ0v) is 14.9. The second-order valence-corrected chi connectivity index (χ2v) is 8.30. The van der Waals surface area contributed by atoms with E-state index in [2.05, 4.69) is 34.7 Å². The Morgan fingerprint density at radius 3 is 2.58 bits per heavy atom. The number of para-hydroxylation sites is 1. The lowest BCUT2D eigenvalue weighted by molar-refractivity contribution is 0.302. The lowest BCUT2D eigenvalue weighted by Crippen LogP contribution is -2.39. The van der Waals surface area contributed by atoms with E-state index in [-0.39, 0.29) is 5.41 Å². The van der Waals surface area contributed by atoms with Crippen molar-refractivity contribution in [3.63, 3.8) is 0 Å². The number of aromatic nitrogens is 1. The second kappa shape index (κ2) is 5.26. The molecule has 2 N–H and O–H groups in total. The van der Waals surface area contributed by atoms with E-state index < -0.39 is 0 Å². The van der Waals surface area contributed by atoms with Gasteiger partial charge in [0.1, 0.15) is 5.82 Å². The third-order valence-corrected chi connectivity index (χ3v) is 7.20. The van der Waals surface area contributed by atoms with Crippen molar-refractivity contribution in [1.82, 2.24) is 4.57 Å². The summed E-state index contributed by atoms with van der Waals surface area (Å²) in [6, 6.07) is 7.04. The van der Waals surface area contributed by atoms with Gasteiger partial charge in [-0.1, -0.05) is 37.5 Å². The average Bonchev–Trinajstić information content (AvgIpc) is 2.99. The monoisotopic (exact) mass is 323 g/mol. The van der Waals surface area contributed by atoms with Crippen molar-refractivity contribution >= 4 is 16.7 Å². The Labute approximate surface area is 144 Å². The van der Waals surface area contributed by atoms with Crippen molar-refractivity contribution < 1.29 is 0 Å². The molecule has 4 aliphatic rings. The normalized spacial score (nSPS) is 23.0. The van der Waals surface area contributed by atoms with E-state index in [1.165, 1.54) is 80.3 Å². The Balaban J connectivity index is 1.79. The molecule has 2 aromatic rings. The molecule has 3 heteroatoms. The van der Waals surface area contributed by atoms with Gasteiger partial charge in [-0.3, -0.25) is 0 Å². The molecule has 3 nitrogen and oxygen atoms in total. The summed E-state index contributed by atoms with van der Waals surface area (Å²) in [6.45, 7) is 3.26. The van der Waals surface area contributed by atoms with Crippen molar-refractivity contribution in [2.24, 2.45) is 12.8 Å². The molecule has 1 aromatic heterocycles. The van der Waals surface area contributed by atoms with Crippen molar-refractivity contribution in [3.05, 3.63) is 29.3 Å². The smallest absolute Gasteiger partial charge is 0.112 e. The van der Waals surface area contributed by atoms with Gasteiger partial charge in [-0.05, 0) is 37.2 Å². The van der Waals surface area contributed by atoms with Crippen LogP contribution in [-0.4, -0.2) is 24.2 Å². The number of piperidine rings is 1. The van der Waals surface area contributed by atoms with Crippen LogP contribution < -0.4 is 10.6 Å². The topological polar surface area (TPSA) is 34.2 Å². The predicted molar refractivity (Wildman–Crippen MR) is 101 cm³/mol. The van der Waals surface area contributed by atoms with Gasteiger partial charge in [0, 0.05) is 43.0 Å². The van der Waals surface area contributed by atoms with Crippen LogP contribution in [0.3, 0.4) is 0 Å². The number of benzene rings is 1. The summed E-state index contributed by atoms with van der Waals surface area (Å²) in [6.07, 6.45) is 9.20. The Kier molecular flexibility index (Phi) is 3.25. The van der Waals surface area contributed by atoms with Gasteiger partial charge in [0.25, 0.3) is 0 Å². The molecule has 4 heterocycles. The molecule has 2 fully saturated rings. The Hall–Kier alpha value is -1.48. The fourth-order valence-corrected chi connectivity index (χ4v) is 5.93. The molecule has 128 valence electrons. The minimum absolute atomic E-state index is 0.195. The molecule has 0 unspecified atom stereocenters. The number of rotatable bonds is 2. The molecule has 6 rings (SSSR count). The molecular formula is C21H29N3. The fraction of sp³-hybridized carbons (Fsp3) is 0.619. The summed E-state index contributed by atoms with van der Waals surface area (Å²) in [7, 11) is 2.29. The number of hydrogen-bond acceptors (Lipinski definition) is 2. The highest BCUT2D eigenvalue weighted by Gasteiger charge is 2.39. The molecule has 1 aromatic carbocycles. The zero-order valence-electron chi connectivity index (χ0n) is 14.9. The first-order valence-corrected chi connectivity index (χ1v) is 9.82. The van der Waals surface area contributed by atoms with E-state index in [1.807, 2.05) is 0 Å². The molecule has 2 bridgehead atoms. The highest BCUT2D eigenvalue weighted by molar-refractivity contribution is 5.94. The van der Waals surface area contributed by atoms with Gasteiger partial charge in [0.05, 0.1) is 5.52 Å². The minimum atomic E-state index is 0.195. The molecule has 0 atom stereocenters. The number of nitrogens with two attached hydrogens (primary N) is 1. The van der Waals surface area contributed by atoms with Crippen LogP contribution in [0.5, 0.6) is 0 Å². The van der Waals surface area contributed by atoms with Crippen LogP contribution in [0.2, 0.25) is 0 Å². The largest absolute Gasteiger partial charge is 0.358 e. The molecular weight excluding hydrogens is 294 g/mol. The van der Waals surface area contributed by atoms with Crippen LogP contribution in [0, 0.1) is 0 Å². The molecule has 1 saturated carbocycles. The van der Waals surface area contributed by atoms with Crippen LogP contribution in [0.4, 0.5) is 5.82 Å². The van der Waals surface area contributed by atoms with Crippen LogP contribution in [0.1, 0.15) is 62.0 Å². The van der Waals surface area contributed by atoms with E-state index in [0.29, 0.717) is 0 Å². The Morgan fingerprint density at radius 1 is 1.12 bits per heavy atom. The van der Waals surface area contributed by atoms with E-state index in [1.54, 1.807) is 5.56 Å². The maximum Gasteiger partial charge on any atom is 0.112 e. The van der Waals surface area contributed by atoms with Crippen LogP contribution in [0.25, 0.3) is 10.9 Å². The minimum Gasteiger partial charge on any atom is -0.358 e. The first-order chi connectivity index (χ1) is 11.7. The van der Waals surface area contributed by atoms with Crippen LogP contribution in [-0.2, 0) is 12.5 Å². The third kappa shape index (κ3) is 1.82. The van der Waals surface area contributed by atoms with Gasteiger partial charge < -0.3 is 15.2 Å². The van der Waals surface area contributed by atoms with E-state index in [4.69, 9.17) is 5.73 Å². The van der Waals surface area contributed by atoms with Crippen molar-refractivity contribution in [2.45, 2.75) is 56.3 Å². The quantitative estimate of drug-likeness (QED) is 0.905. The van der Waals surface area contributed by atoms with Gasteiger partial charge in [0.2, 0.25) is 0 Å². The highest BCUT2D eigenvalue weighted by Crippen LogP contribution is 2.50.